The third-order valence-corrected chi connectivity index (χ3v) is 5.17. The quantitative estimate of drug-likeness (QED) is 0.625. The molecule has 4 rings (SSSR count). The van der Waals surface area contributed by atoms with Gasteiger partial charge in [-0.25, -0.2) is 9.97 Å². The number of amides is 1. The van der Waals surface area contributed by atoms with Gasteiger partial charge in [0.05, 0.1) is 12.3 Å². The van der Waals surface area contributed by atoms with Gasteiger partial charge in [-0.05, 0) is 31.9 Å². The summed E-state index contributed by atoms with van der Waals surface area (Å²) in [6.45, 7) is 3.14. The SMILES string of the molecule is Cc1nccc(OC2CCCN(C(=O)CSc3nc4ccccc4o3)C2)n1. The number of benzene rings is 1. The Morgan fingerprint density at radius 2 is 2.22 bits per heavy atom. The van der Waals surface area contributed by atoms with E-state index in [4.69, 9.17) is 9.15 Å². The number of aryl methyl sites for hydroxylation is 1. The van der Waals surface area contributed by atoms with E-state index in [2.05, 4.69) is 15.0 Å². The van der Waals surface area contributed by atoms with Crippen LogP contribution in [0.4, 0.5) is 0 Å². The molecule has 0 aliphatic carbocycles. The normalized spacial score (nSPS) is 17.2. The smallest absolute Gasteiger partial charge is 0.257 e. The van der Waals surface area contributed by atoms with Crippen LogP contribution in [0.3, 0.4) is 0 Å². The molecule has 0 bridgehead atoms. The lowest BCUT2D eigenvalue weighted by Crippen LogP contribution is -2.45. The second-order valence-electron chi connectivity index (χ2n) is 6.40. The summed E-state index contributed by atoms with van der Waals surface area (Å²) < 4.78 is 11.6. The first-order valence-electron chi connectivity index (χ1n) is 8.90. The summed E-state index contributed by atoms with van der Waals surface area (Å²) in [5.74, 6) is 1.59. The van der Waals surface area contributed by atoms with Crippen LogP contribution in [-0.4, -0.2) is 50.7 Å². The fourth-order valence-electron chi connectivity index (χ4n) is 3.06. The van der Waals surface area contributed by atoms with Crippen LogP contribution in [0.5, 0.6) is 5.88 Å². The van der Waals surface area contributed by atoms with Gasteiger partial charge in [0.25, 0.3) is 5.22 Å². The number of hydrogen-bond donors (Lipinski definition) is 0. The summed E-state index contributed by atoms with van der Waals surface area (Å²) in [6.07, 6.45) is 3.45. The van der Waals surface area contributed by atoms with Crippen molar-refractivity contribution in [3.63, 3.8) is 0 Å². The molecule has 0 saturated carbocycles. The molecule has 2 aromatic heterocycles. The summed E-state index contributed by atoms with van der Waals surface area (Å²) in [7, 11) is 0. The van der Waals surface area contributed by atoms with Crippen LogP contribution in [0.1, 0.15) is 18.7 Å². The lowest BCUT2D eigenvalue weighted by atomic mass is 10.1. The lowest BCUT2D eigenvalue weighted by molar-refractivity contribution is -0.131. The third kappa shape index (κ3) is 4.39. The Bertz CT molecular complexity index is 912. The zero-order valence-electron chi connectivity index (χ0n) is 15.0. The first-order valence-corrected chi connectivity index (χ1v) is 9.88. The topological polar surface area (TPSA) is 81.4 Å². The van der Waals surface area contributed by atoms with Crippen molar-refractivity contribution in [2.75, 3.05) is 18.8 Å². The van der Waals surface area contributed by atoms with Gasteiger partial charge in [-0.15, -0.1) is 0 Å². The second kappa shape index (κ2) is 7.96. The molecule has 8 heteroatoms. The zero-order valence-corrected chi connectivity index (χ0v) is 15.8. The van der Waals surface area contributed by atoms with Crippen molar-refractivity contribution in [2.45, 2.75) is 31.1 Å². The van der Waals surface area contributed by atoms with Crippen molar-refractivity contribution in [3.05, 3.63) is 42.4 Å². The number of oxazole rings is 1. The number of piperidine rings is 1. The molecule has 1 aliphatic heterocycles. The van der Waals surface area contributed by atoms with Gasteiger partial charge < -0.3 is 14.1 Å². The van der Waals surface area contributed by atoms with Crippen LogP contribution >= 0.6 is 11.8 Å². The Morgan fingerprint density at radius 3 is 3.07 bits per heavy atom. The highest BCUT2D eigenvalue weighted by Crippen LogP contribution is 2.24. The number of rotatable bonds is 5. The predicted octanol–water partition coefficient (Wildman–Crippen LogP) is 3.09. The number of likely N-dealkylation sites (tertiary alicyclic amines) is 1. The average Bonchev–Trinajstić information content (AvgIpc) is 3.09. The maximum absolute atomic E-state index is 12.6. The summed E-state index contributed by atoms with van der Waals surface area (Å²) in [6, 6.07) is 9.33. The summed E-state index contributed by atoms with van der Waals surface area (Å²) in [4.78, 5) is 27.2. The molecule has 0 radical (unpaired) electrons. The number of nitrogens with zero attached hydrogens (tertiary/aromatic N) is 4. The van der Waals surface area contributed by atoms with Crippen molar-refractivity contribution in [1.82, 2.24) is 19.9 Å². The van der Waals surface area contributed by atoms with Gasteiger partial charge in [0.2, 0.25) is 11.8 Å². The van der Waals surface area contributed by atoms with Crippen LogP contribution < -0.4 is 4.74 Å². The van der Waals surface area contributed by atoms with E-state index >= 15 is 0 Å². The molecule has 1 saturated heterocycles. The van der Waals surface area contributed by atoms with E-state index in [1.54, 1.807) is 12.3 Å². The first kappa shape index (κ1) is 17.8. The number of fused-ring (bicyclic) bond motifs is 1. The fourth-order valence-corrected chi connectivity index (χ4v) is 3.80. The molecule has 1 fully saturated rings. The van der Waals surface area contributed by atoms with Crippen molar-refractivity contribution in [1.29, 1.82) is 0 Å². The van der Waals surface area contributed by atoms with E-state index in [1.165, 1.54) is 11.8 Å². The van der Waals surface area contributed by atoms with Crippen molar-refractivity contribution >= 4 is 28.8 Å². The molecule has 3 heterocycles. The molecule has 3 aromatic rings. The van der Waals surface area contributed by atoms with Crippen molar-refractivity contribution in [2.24, 2.45) is 0 Å². The molecule has 0 spiro atoms. The molecular formula is C19H20N4O3S. The summed E-state index contributed by atoms with van der Waals surface area (Å²) in [5.41, 5.74) is 1.54. The van der Waals surface area contributed by atoms with E-state index in [-0.39, 0.29) is 12.0 Å². The predicted molar refractivity (Wildman–Crippen MR) is 102 cm³/mol. The minimum atomic E-state index is -0.0497. The molecule has 1 unspecified atom stereocenters. The third-order valence-electron chi connectivity index (χ3n) is 4.36. The standard InChI is InChI=1S/C19H20N4O3S/c1-13-20-9-8-17(21-13)25-14-5-4-10-23(11-14)18(24)12-27-19-22-15-6-2-3-7-16(15)26-19/h2-3,6-9,14H,4-5,10-12H2,1H3. The monoisotopic (exact) mass is 384 g/mol. The molecule has 1 amide bonds. The van der Waals surface area contributed by atoms with Crippen molar-refractivity contribution in [3.8, 4) is 5.88 Å². The fraction of sp³-hybridized carbons (Fsp3) is 0.368. The molecular weight excluding hydrogens is 364 g/mol. The first-order chi connectivity index (χ1) is 13.2. The Kier molecular flexibility index (Phi) is 5.24. The zero-order chi connectivity index (χ0) is 18.6. The largest absolute Gasteiger partial charge is 0.472 e. The molecule has 140 valence electrons. The highest BCUT2D eigenvalue weighted by molar-refractivity contribution is 7.99. The summed E-state index contributed by atoms with van der Waals surface area (Å²) in [5, 5.41) is 0.519. The molecule has 1 aromatic carbocycles. The Hall–Kier alpha value is -2.61. The van der Waals surface area contributed by atoms with E-state index in [0.29, 0.717) is 29.2 Å². The highest BCUT2D eigenvalue weighted by Gasteiger charge is 2.25. The maximum Gasteiger partial charge on any atom is 0.257 e. The van der Waals surface area contributed by atoms with Gasteiger partial charge in [0, 0.05) is 18.8 Å². The molecule has 0 N–H and O–H groups in total. The molecule has 27 heavy (non-hydrogen) atoms. The number of para-hydroxylation sites is 2. The van der Waals surface area contributed by atoms with Crippen LogP contribution in [0, 0.1) is 6.92 Å². The molecule has 1 aliphatic rings. The Balaban J connectivity index is 1.32. The van der Waals surface area contributed by atoms with E-state index < -0.39 is 0 Å². The second-order valence-corrected chi connectivity index (χ2v) is 7.33. The Labute approximate surface area is 161 Å². The summed E-state index contributed by atoms with van der Waals surface area (Å²) >= 11 is 1.32. The minimum Gasteiger partial charge on any atom is -0.472 e. The minimum absolute atomic E-state index is 0.0497. The number of aromatic nitrogens is 3. The van der Waals surface area contributed by atoms with Gasteiger partial charge in [0.15, 0.2) is 5.58 Å². The number of ether oxygens (including phenoxy) is 1. The van der Waals surface area contributed by atoms with E-state index in [0.717, 1.165) is 30.5 Å². The number of hydrogen-bond acceptors (Lipinski definition) is 7. The van der Waals surface area contributed by atoms with Crippen molar-refractivity contribution < 1.29 is 13.9 Å². The van der Waals surface area contributed by atoms with Crippen LogP contribution in [0.25, 0.3) is 11.1 Å². The molecule has 7 nitrogen and oxygen atoms in total. The Morgan fingerprint density at radius 1 is 1.33 bits per heavy atom. The number of carbonyl (C=O) groups excluding carboxylic acids is 1. The van der Waals surface area contributed by atoms with E-state index in [9.17, 15) is 4.79 Å². The van der Waals surface area contributed by atoms with Gasteiger partial charge in [-0.2, -0.15) is 4.98 Å². The lowest BCUT2D eigenvalue weighted by Gasteiger charge is -2.32. The average molecular weight is 384 g/mol. The van der Waals surface area contributed by atoms with Gasteiger partial charge >= 0.3 is 0 Å². The highest BCUT2D eigenvalue weighted by atomic mass is 32.2. The number of thioether (sulfide) groups is 1. The van der Waals surface area contributed by atoms with Crippen LogP contribution in [-0.2, 0) is 4.79 Å². The van der Waals surface area contributed by atoms with Gasteiger partial charge in [-0.3, -0.25) is 4.79 Å². The number of carbonyl (C=O) groups is 1. The van der Waals surface area contributed by atoms with E-state index in [1.807, 2.05) is 36.1 Å². The molecule has 1 atom stereocenters. The van der Waals surface area contributed by atoms with Gasteiger partial charge in [0.1, 0.15) is 17.4 Å². The van der Waals surface area contributed by atoms with Crippen LogP contribution in [0.15, 0.2) is 46.2 Å². The maximum atomic E-state index is 12.6. The van der Waals surface area contributed by atoms with Gasteiger partial charge in [-0.1, -0.05) is 23.9 Å². The van der Waals surface area contributed by atoms with Crippen LogP contribution in [0.2, 0.25) is 0 Å².